The quantitative estimate of drug-likeness (QED) is 0.0211. The maximum absolute atomic E-state index is 14.4. The lowest BCUT2D eigenvalue weighted by Gasteiger charge is -2.28. The first-order chi connectivity index (χ1) is 66.7. The van der Waals surface area contributed by atoms with Gasteiger partial charge in [0.05, 0.1) is 12.1 Å². The molecule has 0 unspecified atom stereocenters. The molecule has 43 nitrogen and oxygen atoms in total. The van der Waals surface area contributed by atoms with Crippen molar-refractivity contribution < 1.29 is 62.3 Å². The van der Waals surface area contributed by atoms with Gasteiger partial charge in [0.2, 0.25) is 70.8 Å². The van der Waals surface area contributed by atoms with Crippen LogP contribution in [0.3, 0.4) is 0 Å². The summed E-state index contributed by atoms with van der Waals surface area (Å²) in [5.74, 6) is -6.71. The van der Waals surface area contributed by atoms with E-state index < -0.39 is 137 Å². The van der Waals surface area contributed by atoms with Gasteiger partial charge >= 0.3 is 0 Å². The highest BCUT2D eigenvalue weighted by atomic mass is 16.2. The van der Waals surface area contributed by atoms with Gasteiger partial charge in [-0.05, 0) is 364 Å². The second-order valence-electron chi connectivity index (χ2n) is 35.2. The van der Waals surface area contributed by atoms with Gasteiger partial charge in [-0.15, -0.1) is 10.2 Å². The minimum atomic E-state index is -1.17. The number of H-pyrrole nitrogens is 1. The molecule has 12 atom stereocenters. The SMILES string of the molecule is CC(=O)[C@H](CCCCN)NC(=O)[C@H](CCCCN)NC(=O)[C@H](CCCCN)NC(=O)[C@H](CCCCN)NC(=O)[C@H](CCCCN)NC(=O)[C@H](CCCCN)NC(=O)c1ccc(Cn2c3ccccc3c3cc(-c4nn[nH]n4)ccc32)cc1.CN[C@@H](CCCCN)C(=O)N[C@@H](CCCCN)C(=O)N[C@@H](CCCCN)C(=O)N[C@@H](CCCCN)C(=O)N[C@@H](CCCCN)C(=O)N[C@@H](CCCCN)C(N)=O. The van der Waals surface area contributed by atoms with E-state index in [1.807, 2.05) is 42.5 Å². The van der Waals surface area contributed by atoms with Crippen LogP contribution in [-0.2, 0) is 64.1 Å². The summed E-state index contributed by atoms with van der Waals surface area (Å²) < 4.78 is 2.21. The molecule has 0 radical (unpaired) electrons. The van der Waals surface area contributed by atoms with Crippen molar-refractivity contribution in [2.24, 2.45) is 74.5 Å². The summed E-state index contributed by atoms with van der Waals surface area (Å²) in [6.07, 6.45) is 16.6. The van der Waals surface area contributed by atoms with Crippen molar-refractivity contribution in [1.29, 1.82) is 0 Å². The number of tetrazole rings is 1. The molecule has 2 aromatic heterocycles. The number of fused-ring (bicyclic) bond motifs is 3. The average Bonchev–Trinajstić information content (AvgIpc) is 1.60. The number of nitrogens with one attached hydrogen (secondary N) is 13. The van der Waals surface area contributed by atoms with Crippen LogP contribution in [0.4, 0.5) is 0 Å². The van der Waals surface area contributed by atoms with E-state index >= 15 is 0 Å². The zero-order valence-corrected chi connectivity index (χ0v) is 81.5. The van der Waals surface area contributed by atoms with Crippen LogP contribution >= 0.6 is 0 Å². The molecule has 0 aliphatic heterocycles. The Balaban J connectivity index is 0.000000622. The highest BCUT2D eigenvalue weighted by Crippen LogP contribution is 2.33. The molecule has 2 heterocycles. The summed E-state index contributed by atoms with van der Waals surface area (Å²) >= 11 is 0. The van der Waals surface area contributed by atoms with Crippen LogP contribution in [0.15, 0.2) is 66.7 Å². The number of rotatable bonds is 76. The van der Waals surface area contributed by atoms with E-state index in [0.29, 0.717) is 263 Å². The van der Waals surface area contributed by atoms with Gasteiger partial charge in [0.25, 0.3) is 5.91 Å². The number of carbonyl (C=O) groups excluding carboxylic acids is 13. The smallest absolute Gasteiger partial charge is 0.251 e. The molecular formula is C95H166N30O13. The molecule has 774 valence electrons. The van der Waals surface area contributed by atoms with Crippen LogP contribution in [0.1, 0.15) is 254 Å². The number of carbonyl (C=O) groups is 13. The topological polar surface area (TPSA) is 764 Å². The van der Waals surface area contributed by atoms with Gasteiger partial charge in [-0.2, -0.15) is 5.21 Å². The lowest BCUT2D eigenvalue weighted by Crippen LogP contribution is -2.59. The molecule has 0 saturated heterocycles. The number of unbranched alkanes of at least 4 members (excludes halogenated alkanes) is 12. The first kappa shape index (κ1) is 120. The molecule has 5 aromatic rings. The summed E-state index contributed by atoms with van der Waals surface area (Å²) in [4.78, 5) is 178. The fourth-order valence-corrected chi connectivity index (χ4v) is 16.0. The summed E-state index contributed by atoms with van der Waals surface area (Å²) in [7, 11) is 1.67. The third-order valence-electron chi connectivity index (χ3n) is 24.1. The predicted molar refractivity (Wildman–Crippen MR) is 536 cm³/mol. The van der Waals surface area contributed by atoms with Gasteiger partial charge in [0, 0.05) is 39.5 Å². The number of aromatic nitrogens is 5. The van der Waals surface area contributed by atoms with Gasteiger partial charge in [0.1, 0.15) is 60.4 Å². The number of likely N-dealkylation sites (N-methyl/N-ethyl adjacent to an activating group) is 1. The van der Waals surface area contributed by atoms with Crippen molar-refractivity contribution in [1.82, 2.24) is 89.0 Å². The second kappa shape index (κ2) is 70.9. The molecule has 43 heteroatoms. The minimum Gasteiger partial charge on any atom is -0.368 e. The number of para-hydroxylation sites is 1. The third kappa shape index (κ3) is 44.6. The van der Waals surface area contributed by atoms with Crippen LogP contribution in [0, 0.1) is 0 Å². The zero-order chi connectivity index (χ0) is 101. The van der Waals surface area contributed by atoms with Crippen molar-refractivity contribution in [3.63, 3.8) is 0 Å². The van der Waals surface area contributed by atoms with E-state index in [2.05, 4.69) is 101 Å². The molecule has 0 spiro atoms. The maximum atomic E-state index is 14.4. The molecule has 39 N–H and O–H groups in total. The van der Waals surface area contributed by atoms with Gasteiger partial charge in [-0.3, -0.25) is 62.3 Å². The number of nitrogens with two attached hydrogens (primary N) is 13. The van der Waals surface area contributed by atoms with E-state index in [9.17, 15) is 62.3 Å². The van der Waals surface area contributed by atoms with Gasteiger partial charge in [-0.1, -0.05) is 36.8 Å². The van der Waals surface area contributed by atoms with Crippen LogP contribution in [0.2, 0.25) is 0 Å². The van der Waals surface area contributed by atoms with E-state index in [1.165, 1.54) is 6.92 Å². The van der Waals surface area contributed by atoms with Gasteiger partial charge < -0.3 is 143 Å². The Labute approximate surface area is 812 Å². The Kier molecular flexibility index (Phi) is 61.4. The first-order valence-electron chi connectivity index (χ1n) is 49.8. The number of hydrogen-bond acceptors (Lipinski definition) is 29. The van der Waals surface area contributed by atoms with Crippen LogP contribution in [-0.4, -0.2) is 260 Å². The monoisotopic (exact) mass is 1940 g/mol. The standard InChI is InChI=1S/C58H89N17O7.C37H77N13O6/c1-38(76)44(17-4-10-30-59)65-54(78)46(19-6-12-32-61)67-56(80)48(21-8-14-34-63)69-58(82)49(22-9-15-35-64)70-57(81)47(20-7-13-33-62)68-55(79)45(18-5-11-31-60)66-53(77)40-26-24-39(25-27-40)37-75-50-23-3-2-16-42(50)43-36-41(28-29-51(43)75)52-71-73-74-72-52;1-45-27(15-3-9-21-39)33(52)47-29(17-5-11-23-41)35(54)49-31(19-7-13-25-43)37(56)50-30(18-6-12-24-42)36(55)48-28(16-4-10-22-40)34(53)46-26(32(44)51)14-2-8-20-38/h2-3,16,23-29,36,44-49H,4-15,17-22,30-35,37,59-64H2,1H3,(H,65,78)(H,66,77)(H,67,80)(H,68,79)(H,69,82)(H,70,81)(H,71,72,73,74);26-31,45H,2-25,38-43H2,1H3,(H2,44,51)(H,46,53)(H,47,52)(H,48,55)(H,49,54)(H,50,56)/t44-,45-,46-,47-,48-,49-;26-,27-,28-,29-,30-,31-/m00/s1. The Hall–Kier alpha value is -10.7. The van der Waals surface area contributed by atoms with Crippen molar-refractivity contribution in [2.75, 3.05) is 85.6 Å². The lowest BCUT2D eigenvalue weighted by molar-refractivity contribution is -0.135. The lowest BCUT2D eigenvalue weighted by atomic mass is 10.0. The van der Waals surface area contributed by atoms with Crippen molar-refractivity contribution in [3.8, 4) is 11.4 Å². The number of primary amides is 1. The van der Waals surface area contributed by atoms with Crippen molar-refractivity contribution >= 4 is 98.5 Å². The van der Waals surface area contributed by atoms with E-state index in [-0.39, 0.29) is 63.1 Å². The Morgan fingerprint density at radius 3 is 0.848 bits per heavy atom. The first-order valence-corrected chi connectivity index (χ1v) is 49.8. The molecule has 12 amide bonds. The van der Waals surface area contributed by atoms with Crippen LogP contribution < -0.4 is 138 Å². The largest absolute Gasteiger partial charge is 0.368 e. The molecule has 138 heavy (non-hydrogen) atoms. The summed E-state index contributed by atoms with van der Waals surface area (Å²) in [6, 6.07) is 9.35. The number of amides is 12. The predicted octanol–water partition coefficient (Wildman–Crippen LogP) is -0.834. The Morgan fingerprint density at radius 2 is 0.565 bits per heavy atom. The van der Waals surface area contributed by atoms with Crippen LogP contribution in [0.25, 0.3) is 33.2 Å². The Bertz CT molecular complexity index is 4390. The van der Waals surface area contributed by atoms with E-state index in [1.54, 1.807) is 19.2 Å². The number of ketones is 1. The number of Topliss-reactive ketones (excluding diaryl/α,β-unsaturated/α-hetero) is 1. The highest BCUT2D eigenvalue weighted by Gasteiger charge is 2.37. The summed E-state index contributed by atoms with van der Waals surface area (Å²) in [5, 5.41) is 50.6. The molecule has 0 fully saturated rings. The normalized spacial score (nSPS) is 13.9. The van der Waals surface area contributed by atoms with E-state index in [0.717, 1.165) is 45.8 Å². The second-order valence-corrected chi connectivity index (χ2v) is 35.2. The van der Waals surface area contributed by atoms with Gasteiger partial charge in [0.15, 0.2) is 5.78 Å². The number of benzene rings is 3. The average molecular weight is 1940 g/mol. The molecule has 3 aromatic carbocycles. The number of nitrogens with zero attached hydrogens (tertiary/aromatic N) is 4. The number of hydrogen-bond donors (Lipinski definition) is 26. The third-order valence-corrected chi connectivity index (χ3v) is 24.1. The zero-order valence-electron chi connectivity index (χ0n) is 81.5. The summed E-state index contributed by atoms with van der Waals surface area (Å²) in [5.41, 5.74) is 78.6. The maximum Gasteiger partial charge on any atom is 0.251 e. The highest BCUT2D eigenvalue weighted by molar-refractivity contribution is 6.09. The van der Waals surface area contributed by atoms with Crippen molar-refractivity contribution in [3.05, 3.63) is 77.9 Å². The van der Waals surface area contributed by atoms with Crippen LogP contribution in [0.5, 0.6) is 0 Å². The fraction of sp³-hybridized carbons (Fsp3) is 0.663. The number of aromatic amines is 1. The Morgan fingerprint density at radius 1 is 0.304 bits per heavy atom. The van der Waals surface area contributed by atoms with Crippen molar-refractivity contribution in [2.45, 2.75) is 317 Å². The fourth-order valence-electron chi connectivity index (χ4n) is 16.0. The molecule has 0 bridgehead atoms. The van der Waals surface area contributed by atoms with Gasteiger partial charge in [-0.25, -0.2) is 0 Å². The molecule has 0 aliphatic carbocycles. The molecule has 0 saturated carbocycles. The van der Waals surface area contributed by atoms with E-state index in [4.69, 9.17) is 74.5 Å². The molecule has 5 rings (SSSR count). The molecule has 0 aliphatic rings. The molecular weight excluding hydrogens is 1770 g/mol. The summed E-state index contributed by atoms with van der Waals surface area (Å²) in [6.45, 7) is 6.51. The minimum absolute atomic E-state index is 0.148.